The highest BCUT2D eigenvalue weighted by Crippen LogP contribution is 2.24. The van der Waals surface area contributed by atoms with Crippen molar-refractivity contribution < 1.29 is 19.4 Å². The Kier molecular flexibility index (Phi) is 13.9. The number of carbonyl (C=O) groups excluding carboxylic acids is 1. The molecular weight excluding hydrogens is 364 g/mol. The highest BCUT2D eigenvalue weighted by Gasteiger charge is 2.24. The molecule has 1 N–H and O–H groups in total. The van der Waals surface area contributed by atoms with Crippen LogP contribution in [-0.2, 0) is 20.7 Å². The first-order chi connectivity index (χ1) is 14.1. The molecule has 0 fully saturated rings. The molecule has 0 aliphatic rings. The van der Waals surface area contributed by atoms with E-state index in [9.17, 15) is 9.59 Å². The van der Waals surface area contributed by atoms with Crippen LogP contribution in [0.15, 0.2) is 30.3 Å². The molecule has 29 heavy (non-hydrogen) atoms. The molecular formula is C25H40O4. The van der Waals surface area contributed by atoms with Gasteiger partial charge in [0.1, 0.15) is 6.10 Å². The number of hydrogen-bond donors (Lipinski definition) is 1. The van der Waals surface area contributed by atoms with E-state index in [2.05, 4.69) is 26.0 Å². The van der Waals surface area contributed by atoms with Crippen molar-refractivity contribution in [2.45, 2.75) is 103 Å². The Labute approximate surface area is 177 Å². The molecule has 164 valence electrons. The van der Waals surface area contributed by atoms with Gasteiger partial charge in [-0.05, 0) is 37.2 Å². The summed E-state index contributed by atoms with van der Waals surface area (Å²) in [5, 5.41) is 8.63. The molecule has 1 aromatic rings. The molecule has 2 atom stereocenters. The predicted molar refractivity (Wildman–Crippen MR) is 118 cm³/mol. The summed E-state index contributed by atoms with van der Waals surface area (Å²) >= 11 is 0. The topological polar surface area (TPSA) is 63.6 Å². The quantitative estimate of drug-likeness (QED) is 0.236. The lowest BCUT2D eigenvalue weighted by atomic mass is 9.89. The monoisotopic (exact) mass is 404 g/mol. The molecule has 4 heteroatoms. The third-order valence-electron chi connectivity index (χ3n) is 5.56. The summed E-state index contributed by atoms with van der Waals surface area (Å²) in [5.41, 5.74) is 1.22. The fraction of sp³-hybridized carbons (Fsp3) is 0.680. The van der Waals surface area contributed by atoms with Gasteiger partial charge < -0.3 is 9.84 Å². The van der Waals surface area contributed by atoms with E-state index < -0.39 is 5.97 Å². The van der Waals surface area contributed by atoms with E-state index in [-0.39, 0.29) is 18.5 Å². The fourth-order valence-corrected chi connectivity index (χ4v) is 3.75. The number of ether oxygens (including phenoxy) is 1. The lowest BCUT2D eigenvalue weighted by molar-refractivity contribution is -0.152. The summed E-state index contributed by atoms with van der Waals surface area (Å²) in [6, 6.07) is 10.3. The van der Waals surface area contributed by atoms with Crippen LogP contribution in [0.25, 0.3) is 0 Å². The van der Waals surface area contributed by atoms with Gasteiger partial charge >= 0.3 is 11.9 Å². The van der Waals surface area contributed by atoms with E-state index in [1.165, 1.54) is 12.0 Å². The lowest BCUT2D eigenvalue weighted by Gasteiger charge is -2.26. The zero-order valence-electron chi connectivity index (χ0n) is 18.4. The first-order valence-electron chi connectivity index (χ1n) is 11.5. The molecule has 2 unspecified atom stereocenters. The SMILES string of the molecule is CCCCC(CC)C(Cc1ccccc1)OC(=O)CCCCCCCCC(=O)O. The molecule has 0 aliphatic heterocycles. The molecule has 0 radical (unpaired) electrons. The van der Waals surface area contributed by atoms with Crippen molar-refractivity contribution >= 4 is 11.9 Å². The van der Waals surface area contributed by atoms with Gasteiger partial charge in [-0.15, -0.1) is 0 Å². The third kappa shape index (κ3) is 12.4. The predicted octanol–water partition coefficient (Wildman–Crippen LogP) is 6.56. The van der Waals surface area contributed by atoms with Crippen LogP contribution >= 0.6 is 0 Å². The van der Waals surface area contributed by atoms with Crippen molar-refractivity contribution in [3.63, 3.8) is 0 Å². The van der Waals surface area contributed by atoms with E-state index >= 15 is 0 Å². The average molecular weight is 405 g/mol. The number of carboxylic acid groups (broad SMARTS) is 1. The Bertz CT molecular complexity index is 555. The van der Waals surface area contributed by atoms with Crippen LogP contribution in [0, 0.1) is 5.92 Å². The smallest absolute Gasteiger partial charge is 0.306 e. The van der Waals surface area contributed by atoms with Crippen molar-refractivity contribution in [2.75, 3.05) is 0 Å². The Morgan fingerprint density at radius 1 is 0.897 bits per heavy atom. The minimum Gasteiger partial charge on any atom is -0.481 e. The van der Waals surface area contributed by atoms with Gasteiger partial charge in [-0.1, -0.05) is 82.7 Å². The van der Waals surface area contributed by atoms with Crippen molar-refractivity contribution in [1.82, 2.24) is 0 Å². The van der Waals surface area contributed by atoms with Crippen molar-refractivity contribution in [3.05, 3.63) is 35.9 Å². The summed E-state index contributed by atoms with van der Waals surface area (Å²) in [4.78, 5) is 22.9. The van der Waals surface area contributed by atoms with Gasteiger partial charge in [-0.25, -0.2) is 0 Å². The van der Waals surface area contributed by atoms with Gasteiger partial charge in [-0.3, -0.25) is 9.59 Å². The average Bonchev–Trinajstić information content (AvgIpc) is 2.71. The number of carbonyl (C=O) groups is 2. The largest absolute Gasteiger partial charge is 0.481 e. The zero-order chi connectivity index (χ0) is 21.3. The molecule has 0 amide bonds. The minimum absolute atomic E-state index is 0.0440. The van der Waals surface area contributed by atoms with E-state index in [1.807, 2.05) is 18.2 Å². The number of esters is 1. The number of unbranched alkanes of at least 4 members (excludes halogenated alkanes) is 6. The van der Waals surface area contributed by atoms with E-state index in [1.54, 1.807) is 0 Å². The maximum absolute atomic E-state index is 12.5. The number of hydrogen-bond acceptors (Lipinski definition) is 3. The number of carboxylic acids is 1. The maximum Gasteiger partial charge on any atom is 0.306 e. The highest BCUT2D eigenvalue weighted by molar-refractivity contribution is 5.69. The molecule has 1 rings (SSSR count). The molecule has 0 spiro atoms. The van der Waals surface area contributed by atoms with E-state index in [0.717, 1.165) is 64.2 Å². The standard InChI is InChI=1S/C25H40O4/c1-3-5-17-22(4-2)23(20-21-15-11-10-12-16-21)29-25(28)19-14-9-7-6-8-13-18-24(26)27/h10-12,15-16,22-23H,3-9,13-14,17-20H2,1-2H3,(H,26,27). The molecule has 0 saturated carbocycles. The summed E-state index contributed by atoms with van der Waals surface area (Å²) in [5.74, 6) is -0.387. The van der Waals surface area contributed by atoms with Crippen LogP contribution < -0.4 is 0 Å². The van der Waals surface area contributed by atoms with Gasteiger partial charge in [0.15, 0.2) is 0 Å². The molecule has 0 aromatic heterocycles. The van der Waals surface area contributed by atoms with Gasteiger partial charge in [0.2, 0.25) is 0 Å². The molecule has 0 saturated heterocycles. The van der Waals surface area contributed by atoms with Crippen molar-refractivity contribution in [1.29, 1.82) is 0 Å². The minimum atomic E-state index is -0.720. The number of aliphatic carboxylic acids is 1. The van der Waals surface area contributed by atoms with Crippen molar-refractivity contribution in [2.24, 2.45) is 5.92 Å². The number of benzene rings is 1. The van der Waals surface area contributed by atoms with Crippen LogP contribution in [0.2, 0.25) is 0 Å². The Morgan fingerprint density at radius 3 is 2.10 bits per heavy atom. The Morgan fingerprint density at radius 2 is 1.52 bits per heavy atom. The van der Waals surface area contributed by atoms with Crippen LogP contribution in [0.3, 0.4) is 0 Å². The lowest BCUT2D eigenvalue weighted by Crippen LogP contribution is -2.29. The maximum atomic E-state index is 12.5. The summed E-state index contributed by atoms with van der Waals surface area (Å²) in [6.07, 6.45) is 11.6. The summed E-state index contributed by atoms with van der Waals surface area (Å²) in [6.45, 7) is 4.39. The first-order valence-corrected chi connectivity index (χ1v) is 11.5. The zero-order valence-corrected chi connectivity index (χ0v) is 18.4. The third-order valence-corrected chi connectivity index (χ3v) is 5.56. The highest BCUT2D eigenvalue weighted by atomic mass is 16.5. The van der Waals surface area contributed by atoms with Gasteiger partial charge in [0.05, 0.1) is 0 Å². The summed E-state index contributed by atoms with van der Waals surface area (Å²) in [7, 11) is 0. The second-order valence-electron chi connectivity index (χ2n) is 8.04. The van der Waals surface area contributed by atoms with E-state index in [0.29, 0.717) is 12.3 Å². The van der Waals surface area contributed by atoms with Crippen LogP contribution in [0.5, 0.6) is 0 Å². The Balaban J connectivity index is 2.40. The second kappa shape index (κ2) is 16.0. The van der Waals surface area contributed by atoms with Gasteiger partial charge in [0, 0.05) is 19.3 Å². The van der Waals surface area contributed by atoms with E-state index in [4.69, 9.17) is 9.84 Å². The molecule has 4 nitrogen and oxygen atoms in total. The fourth-order valence-electron chi connectivity index (χ4n) is 3.75. The molecule has 0 aliphatic carbocycles. The van der Waals surface area contributed by atoms with Crippen LogP contribution in [-0.4, -0.2) is 23.1 Å². The molecule has 0 heterocycles. The second-order valence-corrected chi connectivity index (χ2v) is 8.04. The molecule has 1 aromatic carbocycles. The Hall–Kier alpha value is -1.84. The van der Waals surface area contributed by atoms with Crippen LogP contribution in [0.1, 0.15) is 96.5 Å². The summed E-state index contributed by atoms with van der Waals surface area (Å²) < 4.78 is 5.97. The van der Waals surface area contributed by atoms with Gasteiger partial charge in [-0.2, -0.15) is 0 Å². The first kappa shape index (κ1) is 25.2. The van der Waals surface area contributed by atoms with Crippen molar-refractivity contribution in [3.8, 4) is 0 Å². The number of rotatable bonds is 17. The van der Waals surface area contributed by atoms with Crippen LogP contribution in [0.4, 0.5) is 0 Å². The normalized spacial score (nSPS) is 13.0. The van der Waals surface area contributed by atoms with Gasteiger partial charge in [0.25, 0.3) is 0 Å². The molecule has 0 bridgehead atoms.